The summed E-state index contributed by atoms with van der Waals surface area (Å²) in [4.78, 5) is 0. The molecule has 1 heterocycles. The second-order valence-corrected chi connectivity index (χ2v) is 4.02. The second-order valence-electron chi connectivity index (χ2n) is 4.02. The van der Waals surface area contributed by atoms with Gasteiger partial charge in [-0.05, 0) is 25.1 Å². The highest BCUT2D eigenvalue weighted by Crippen LogP contribution is 2.33. The Morgan fingerprint density at radius 1 is 1.35 bits per heavy atom. The summed E-state index contributed by atoms with van der Waals surface area (Å²) in [5.74, 6) is 0. The molecule has 0 aliphatic heterocycles. The number of halogens is 3. The van der Waals surface area contributed by atoms with E-state index in [1.54, 1.807) is 6.92 Å². The van der Waals surface area contributed by atoms with Gasteiger partial charge in [0, 0.05) is 5.69 Å². The lowest BCUT2D eigenvalue weighted by atomic mass is 10.1. The van der Waals surface area contributed by atoms with Gasteiger partial charge in [-0.1, -0.05) is 10.3 Å². The van der Waals surface area contributed by atoms with Crippen molar-refractivity contribution < 1.29 is 17.8 Å². The first-order valence-electron chi connectivity index (χ1n) is 5.55. The van der Waals surface area contributed by atoms with Crippen LogP contribution < -0.4 is 5.32 Å². The molecular weight excluding hydrogens is 273 g/mol. The van der Waals surface area contributed by atoms with Crippen LogP contribution in [-0.2, 0) is 12.7 Å². The number of anilines is 1. The molecule has 1 aromatic carbocycles. The van der Waals surface area contributed by atoms with E-state index < -0.39 is 17.3 Å². The Hall–Kier alpha value is -2.56. The average molecular weight is 282 g/mol. The van der Waals surface area contributed by atoms with E-state index in [4.69, 9.17) is 5.26 Å². The summed E-state index contributed by atoms with van der Waals surface area (Å²) in [5, 5.41) is 18.6. The maximum absolute atomic E-state index is 12.8. The summed E-state index contributed by atoms with van der Waals surface area (Å²) < 4.78 is 42.8. The van der Waals surface area contributed by atoms with Gasteiger partial charge >= 0.3 is 6.18 Å². The Morgan fingerprint density at radius 2 is 2.10 bits per heavy atom. The van der Waals surface area contributed by atoms with Crippen molar-refractivity contribution in [1.82, 2.24) is 10.3 Å². The van der Waals surface area contributed by atoms with Crippen LogP contribution in [0, 0.1) is 18.3 Å². The monoisotopic (exact) mass is 282 g/mol. The Morgan fingerprint density at radius 3 is 2.65 bits per heavy atom. The quantitative estimate of drug-likeness (QED) is 0.936. The van der Waals surface area contributed by atoms with Crippen LogP contribution in [0.15, 0.2) is 22.8 Å². The predicted molar refractivity (Wildman–Crippen MR) is 62.5 cm³/mol. The highest BCUT2D eigenvalue weighted by Gasteiger charge is 2.33. The van der Waals surface area contributed by atoms with Gasteiger partial charge in [0.1, 0.15) is 11.4 Å². The van der Waals surface area contributed by atoms with E-state index in [1.165, 1.54) is 12.1 Å². The van der Waals surface area contributed by atoms with Crippen molar-refractivity contribution in [3.8, 4) is 6.07 Å². The van der Waals surface area contributed by atoms with Crippen molar-refractivity contribution in [2.45, 2.75) is 19.6 Å². The third kappa shape index (κ3) is 2.88. The molecule has 8 heteroatoms. The SMILES string of the molecule is Cc1nonc1CNc1ccc(C#N)c(C(F)(F)F)c1. The van der Waals surface area contributed by atoms with Gasteiger partial charge in [0.2, 0.25) is 0 Å². The molecule has 0 aliphatic rings. The predicted octanol–water partition coefficient (Wildman–Crippen LogP) is 2.88. The zero-order chi connectivity index (χ0) is 14.8. The number of aryl methyl sites for hydroxylation is 1. The first-order chi connectivity index (χ1) is 9.41. The largest absolute Gasteiger partial charge is 0.417 e. The average Bonchev–Trinajstić information content (AvgIpc) is 2.80. The third-order valence-electron chi connectivity index (χ3n) is 2.65. The minimum absolute atomic E-state index is 0.179. The van der Waals surface area contributed by atoms with E-state index in [-0.39, 0.29) is 12.2 Å². The highest BCUT2D eigenvalue weighted by atomic mass is 19.4. The van der Waals surface area contributed by atoms with Crippen LogP contribution in [-0.4, -0.2) is 10.3 Å². The molecule has 0 atom stereocenters. The first kappa shape index (κ1) is 13.9. The Kier molecular flexibility index (Phi) is 3.61. The number of rotatable bonds is 3. The molecule has 0 spiro atoms. The zero-order valence-corrected chi connectivity index (χ0v) is 10.3. The summed E-state index contributed by atoms with van der Waals surface area (Å²) >= 11 is 0. The van der Waals surface area contributed by atoms with Gasteiger partial charge in [0.05, 0.1) is 23.7 Å². The van der Waals surface area contributed by atoms with E-state index in [0.29, 0.717) is 11.4 Å². The molecule has 0 amide bonds. The van der Waals surface area contributed by atoms with Crippen molar-refractivity contribution in [2.24, 2.45) is 0 Å². The smallest absolute Gasteiger partial charge is 0.379 e. The maximum Gasteiger partial charge on any atom is 0.417 e. The summed E-state index contributed by atoms with van der Waals surface area (Å²) in [6, 6.07) is 4.94. The normalized spacial score (nSPS) is 11.2. The van der Waals surface area contributed by atoms with E-state index in [9.17, 15) is 13.2 Å². The molecule has 1 aromatic heterocycles. The summed E-state index contributed by atoms with van der Waals surface area (Å²) in [7, 11) is 0. The fraction of sp³-hybridized carbons (Fsp3) is 0.250. The molecule has 2 aromatic rings. The molecule has 0 saturated heterocycles. The van der Waals surface area contributed by atoms with E-state index >= 15 is 0 Å². The number of hydrogen-bond acceptors (Lipinski definition) is 5. The zero-order valence-electron chi connectivity index (χ0n) is 10.3. The van der Waals surface area contributed by atoms with Gasteiger partial charge in [0.25, 0.3) is 0 Å². The molecule has 0 radical (unpaired) electrons. The van der Waals surface area contributed by atoms with Crippen LogP contribution in [0.1, 0.15) is 22.5 Å². The number of hydrogen-bond donors (Lipinski definition) is 1. The topological polar surface area (TPSA) is 74.7 Å². The number of aromatic nitrogens is 2. The third-order valence-corrected chi connectivity index (χ3v) is 2.65. The summed E-state index contributed by atoms with van der Waals surface area (Å²) in [6.07, 6.45) is -4.58. The molecule has 20 heavy (non-hydrogen) atoms. The minimum atomic E-state index is -4.58. The Balaban J connectivity index is 2.22. The van der Waals surface area contributed by atoms with Crippen LogP contribution in [0.5, 0.6) is 0 Å². The maximum atomic E-state index is 12.8. The molecule has 0 aliphatic carbocycles. The van der Waals surface area contributed by atoms with Gasteiger partial charge in [-0.3, -0.25) is 0 Å². The fourth-order valence-electron chi connectivity index (χ4n) is 1.58. The lowest BCUT2D eigenvalue weighted by Gasteiger charge is -2.11. The standard InChI is InChI=1S/C12H9F3N4O/c1-7-11(19-20-18-7)6-17-9-3-2-8(5-16)10(4-9)12(13,14)15/h2-4,17H,6H2,1H3. The fourth-order valence-corrected chi connectivity index (χ4v) is 1.58. The first-order valence-corrected chi connectivity index (χ1v) is 5.55. The molecule has 0 bridgehead atoms. The lowest BCUT2D eigenvalue weighted by Crippen LogP contribution is -2.09. The summed E-state index contributed by atoms with van der Waals surface area (Å²) in [5.41, 5.74) is -0.0915. The molecule has 0 saturated carbocycles. The molecule has 5 nitrogen and oxygen atoms in total. The van der Waals surface area contributed by atoms with E-state index in [0.717, 1.165) is 12.1 Å². The van der Waals surface area contributed by atoms with Crippen molar-refractivity contribution in [1.29, 1.82) is 5.26 Å². The highest BCUT2D eigenvalue weighted by molar-refractivity contribution is 5.53. The molecule has 0 unspecified atom stereocenters. The van der Waals surface area contributed by atoms with Crippen LogP contribution in [0.2, 0.25) is 0 Å². The van der Waals surface area contributed by atoms with E-state index in [2.05, 4.69) is 20.3 Å². The van der Waals surface area contributed by atoms with E-state index in [1.807, 2.05) is 0 Å². The number of nitrogens with one attached hydrogen (secondary N) is 1. The molecule has 104 valence electrons. The second kappa shape index (κ2) is 5.21. The molecule has 2 rings (SSSR count). The van der Waals surface area contributed by atoms with Gasteiger partial charge in [-0.25, -0.2) is 4.63 Å². The molecule has 1 N–H and O–H groups in total. The molecular formula is C12H9F3N4O. The van der Waals surface area contributed by atoms with Gasteiger partial charge < -0.3 is 5.32 Å². The van der Waals surface area contributed by atoms with Crippen LogP contribution >= 0.6 is 0 Å². The van der Waals surface area contributed by atoms with Crippen molar-refractivity contribution in [3.05, 3.63) is 40.7 Å². The Bertz CT molecular complexity index is 657. The Labute approximate surface area is 112 Å². The van der Waals surface area contributed by atoms with Gasteiger partial charge in [-0.15, -0.1) is 0 Å². The van der Waals surface area contributed by atoms with Crippen molar-refractivity contribution in [3.63, 3.8) is 0 Å². The van der Waals surface area contributed by atoms with Crippen molar-refractivity contribution in [2.75, 3.05) is 5.32 Å². The number of alkyl halides is 3. The number of nitriles is 1. The van der Waals surface area contributed by atoms with Crippen LogP contribution in [0.3, 0.4) is 0 Å². The molecule has 0 fully saturated rings. The minimum Gasteiger partial charge on any atom is -0.379 e. The van der Waals surface area contributed by atoms with Crippen molar-refractivity contribution >= 4 is 5.69 Å². The number of nitrogens with zero attached hydrogens (tertiary/aromatic N) is 3. The van der Waals surface area contributed by atoms with Gasteiger partial charge in [-0.2, -0.15) is 18.4 Å². The van der Waals surface area contributed by atoms with Gasteiger partial charge in [0.15, 0.2) is 0 Å². The van der Waals surface area contributed by atoms with Crippen LogP contribution in [0.4, 0.5) is 18.9 Å². The lowest BCUT2D eigenvalue weighted by molar-refractivity contribution is -0.137. The summed E-state index contributed by atoms with van der Waals surface area (Å²) in [6.45, 7) is 1.85. The number of benzene rings is 1. The van der Waals surface area contributed by atoms with Crippen LogP contribution in [0.25, 0.3) is 0 Å².